The predicted octanol–water partition coefficient (Wildman–Crippen LogP) is 2.99. The molecule has 1 amide bonds. The monoisotopic (exact) mass is 249 g/mol. The minimum Gasteiger partial charge on any atom is -0.481 e. The van der Waals surface area contributed by atoms with Gasteiger partial charge in [0.15, 0.2) is 6.10 Å². The zero-order valence-corrected chi connectivity index (χ0v) is 11.7. The number of ether oxygens (including phenoxy) is 1. The van der Waals surface area contributed by atoms with Gasteiger partial charge in [-0.25, -0.2) is 0 Å². The summed E-state index contributed by atoms with van der Waals surface area (Å²) >= 11 is 0. The highest BCUT2D eigenvalue weighted by Gasteiger charge is 2.13. The van der Waals surface area contributed by atoms with Gasteiger partial charge in [0.1, 0.15) is 5.75 Å². The van der Waals surface area contributed by atoms with Crippen LogP contribution in [0.4, 0.5) is 0 Å². The lowest BCUT2D eigenvalue weighted by Gasteiger charge is -2.15. The molecule has 0 spiro atoms. The first-order valence-corrected chi connectivity index (χ1v) is 6.55. The van der Waals surface area contributed by atoms with Crippen LogP contribution in [0.1, 0.15) is 37.8 Å². The fourth-order valence-electron chi connectivity index (χ4n) is 1.79. The van der Waals surface area contributed by atoms with Crippen molar-refractivity contribution >= 4 is 5.91 Å². The Morgan fingerprint density at radius 2 is 1.89 bits per heavy atom. The maximum Gasteiger partial charge on any atom is 0.260 e. The molecule has 0 aliphatic carbocycles. The molecule has 3 heteroatoms. The van der Waals surface area contributed by atoms with E-state index in [2.05, 4.69) is 18.3 Å². The number of hydrogen-bond acceptors (Lipinski definition) is 2. The second-order valence-corrected chi connectivity index (χ2v) is 4.73. The number of rotatable bonds is 6. The van der Waals surface area contributed by atoms with E-state index in [0.29, 0.717) is 0 Å². The van der Waals surface area contributed by atoms with Crippen molar-refractivity contribution < 1.29 is 9.53 Å². The Kier molecular flexibility index (Phi) is 5.69. The molecule has 0 heterocycles. The normalized spacial score (nSPS) is 12.0. The molecular formula is C15H23NO2. The van der Waals surface area contributed by atoms with Gasteiger partial charge in [-0.3, -0.25) is 4.79 Å². The third kappa shape index (κ3) is 4.78. The number of nitrogens with one attached hydrogen (secondary N) is 1. The van der Waals surface area contributed by atoms with Crippen LogP contribution >= 0.6 is 0 Å². The van der Waals surface area contributed by atoms with Crippen molar-refractivity contribution in [3.05, 3.63) is 29.3 Å². The number of amides is 1. The van der Waals surface area contributed by atoms with E-state index >= 15 is 0 Å². The summed E-state index contributed by atoms with van der Waals surface area (Å²) < 4.78 is 5.66. The summed E-state index contributed by atoms with van der Waals surface area (Å²) in [5, 5.41) is 2.87. The van der Waals surface area contributed by atoms with Crippen LogP contribution in [-0.4, -0.2) is 18.6 Å². The zero-order valence-electron chi connectivity index (χ0n) is 11.7. The first kappa shape index (κ1) is 14.6. The van der Waals surface area contributed by atoms with Gasteiger partial charge in [0.2, 0.25) is 0 Å². The summed E-state index contributed by atoms with van der Waals surface area (Å²) in [5.74, 6) is 0.702. The van der Waals surface area contributed by atoms with Gasteiger partial charge in [-0.2, -0.15) is 0 Å². The molecule has 0 aliphatic heterocycles. The third-order valence-electron chi connectivity index (χ3n) is 2.71. The first-order valence-electron chi connectivity index (χ1n) is 6.55. The molecule has 1 N–H and O–H groups in total. The van der Waals surface area contributed by atoms with Crippen molar-refractivity contribution in [3.8, 4) is 5.75 Å². The largest absolute Gasteiger partial charge is 0.481 e. The van der Waals surface area contributed by atoms with E-state index in [-0.39, 0.29) is 5.91 Å². The Bertz CT molecular complexity index is 381. The van der Waals surface area contributed by atoms with Crippen LogP contribution in [0, 0.1) is 13.8 Å². The fraction of sp³-hybridized carbons (Fsp3) is 0.533. The highest BCUT2D eigenvalue weighted by Crippen LogP contribution is 2.17. The number of carbonyl (C=O) groups is 1. The van der Waals surface area contributed by atoms with E-state index in [4.69, 9.17) is 4.74 Å². The van der Waals surface area contributed by atoms with Gasteiger partial charge in [-0.15, -0.1) is 0 Å². The van der Waals surface area contributed by atoms with E-state index < -0.39 is 6.10 Å². The number of aryl methyl sites for hydroxylation is 2. The Morgan fingerprint density at radius 3 is 2.44 bits per heavy atom. The maximum atomic E-state index is 11.8. The lowest BCUT2D eigenvalue weighted by Crippen LogP contribution is -2.36. The van der Waals surface area contributed by atoms with Crippen molar-refractivity contribution in [2.24, 2.45) is 0 Å². The van der Waals surface area contributed by atoms with Gasteiger partial charge < -0.3 is 10.1 Å². The van der Waals surface area contributed by atoms with Crippen LogP contribution in [0.25, 0.3) is 0 Å². The van der Waals surface area contributed by atoms with E-state index in [9.17, 15) is 4.79 Å². The first-order chi connectivity index (χ1) is 8.52. The van der Waals surface area contributed by atoms with Crippen LogP contribution in [0.15, 0.2) is 18.2 Å². The summed E-state index contributed by atoms with van der Waals surface area (Å²) in [6.45, 7) is 8.63. The van der Waals surface area contributed by atoms with Gasteiger partial charge in [-0.05, 0) is 50.5 Å². The second-order valence-electron chi connectivity index (χ2n) is 4.73. The van der Waals surface area contributed by atoms with E-state index in [0.717, 1.165) is 36.3 Å². The SMILES string of the molecule is CCCCNC(=O)C(C)Oc1cc(C)cc(C)c1. The molecule has 1 aromatic rings. The van der Waals surface area contributed by atoms with Crippen LogP contribution in [0.3, 0.4) is 0 Å². The highest BCUT2D eigenvalue weighted by molar-refractivity contribution is 5.80. The molecule has 0 fully saturated rings. The van der Waals surface area contributed by atoms with Gasteiger partial charge in [0, 0.05) is 6.54 Å². The fourth-order valence-corrected chi connectivity index (χ4v) is 1.79. The highest BCUT2D eigenvalue weighted by atomic mass is 16.5. The Morgan fingerprint density at radius 1 is 1.28 bits per heavy atom. The number of carbonyl (C=O) groups excluding carboxylic acids is 1. The molecule has 1 unspecified atom stereocenters. The summed E-state index contributed by atoms with van der Waals surface area (Å²) in [6.07, 6.45) is 1.62. The minimum absolute atomic E-state index is 0.0531. The Hall–Kier alpha value is -1.51. The lowest BCUT2D eigenvalue weighted by atomic mass is 10.1. The van der Waals surface area contributed by atoms with Gasteiger partial charge in [0.05, 0.1) is 0 Å². The van der Waals surface area contributed by atoms with Crippen molar-refractivity contribution in [3.63, 3.8) is 0 Å². The predicted molar refractivity (Wildman–Crippen MR) is 73.9 cm³/mol. The zero-order chi connectivity index (χ0) is 13.5. The van der Waals surface area contributed by atoms with E-state index in [1.165, 1.54) is 0 Å². The van der Waals surface area contributed by atoms with Crippen LogP contribution in [0.5, 0.6) is 5.75 Å². The third-order valence-corrected chi connectivity index (χ3v) is 2.71. The van der Waals surface area contributed by atoms with Gasteiger partial charge >= 0.3 is 0 Å². The Labute approximate surface area is 110 Å². The molecule has 1 rings (SSSR count). The topological polar surface area (TPSA) is 38.3 Å². The minimum atomic E-state index is -0.456. The molecule has 18 heavy (non-hydrogen) atoms. The molecule has 0 radical (unpaired) electrons. The van der Waals surface area contributed by atoms with Crippen LogP contribution in [-0.2, 0) is 4.79 Å². The second kappa shape index (κ2) is 7.04. The summed E-state index contributed by atoms with van der Waals surface area (Å²) in [5.41, 5.74) is 2.28. The standard InChI is InChI=1S/C15H23NO2/c1-5-6-7-16-15(17)13(4)18-14-9-11(2)8-12(3)10-14/h8-10,13H,5-7H2,1-4H3,(H,16,17). The smallest absolute Gasteiger partial charge is 0.260 e. The molecule has 0 aliphatic rings. The molecule has 0 bridgehead atoms. The molecule has 100 valence electrons. The Balaban J connectivity index is 2.52. The summed E-state index contributed by atoms with van der Waals surface area (Å²) in [4.78, 5) is 11.8. The maximum absolute atomic E-state index is 11.8. The van der Waals surface area contributed by atoms with Crippen molar-refractivity contribution in [2.75, 3.05) is 6.54 Å². The molecule has 1 atom stereocenters. The number of hydrogen-bond donors (Lipinski definition) is 1. The quantitative estimate of drug-likeness (QED) is 0.787. The van der Waals surface area contributed by atoms with Gasteiger partial charge in [0.25, 0.3) is 5.91 Å². The average Bonchev–Trinajstić information content (AvgIpc) is 2.27. The number of unbranched alkanes of at least 4 members (excludes halogenated alkanes) is 1. The van der Waals surface area contributed by atoms with E-state index in [1.807, 2.05) is 26.0 Å². The van der Waals surface area contributed by atoms with Crippen molar-refractivity contribution in [1.82, 2.24) is 5.32 Å². The molecule has 0 aromatic heterocycles. The van der Waals surface area contributed by atoms with Crippen LogP contribution in [0.2, 0.25) is 0 Å². The van der Waals surface area contributed by atoms with Crippen LogP contribution < -0.4 is 10.1 Å². The van der Waals surface area contributed by atoms with Crippen molar-refractivity contribution in [2.45, 2.75) is 46.6 Å². The molecular weight excluding hydrogens is 226 g/mol. The molecule has 0 saturated carbocycles. The lowest BCUT2D eigenvalue weighted by molar-refractivity contribution is -0.127. The number of benzene rings is 1. The summed E-state index contributed by atoms with van der Waals surface area (Å²) in [7, 11) is 0. The van der Waals surface area contributed by atoms with E-state index in [1.54, 1.807) is 6.92 Å². The average molecular weight is 249 g/mol. The molecule has 0 saturated heterocycles. The molecule has 1 aromatic carbocycles. The summed E-state index contributed by atoms with van der Waals surface area (Å²) in [6, 6.07) is 5.98. The molecule has 3 nitrogen and oxygen atoms in total. The van der Waals surface area contributed by atoms with Crippen molar-refractivity contribution in [1.29, 1.82) is 0 Å². The van der Waals surface area contributed by atoms with Gasteiger partial charge in [-0.1, -0.05) is 19.4 Å².